The van der Waals surface area contributed by atoms with Gasteiger partial charge in [0.25, 0.3) is 0 Å². The number of alkyl halides is 6. The number of esters is 2. The Morgan fingerprint density at radius 2 is 0.643 bits per heavy atom. The van der Waals surface area contributed by atoms with Crippen LogP contribution in [0.5, 0.6) is 28.7 Å². The lowest BCUT2D eigenvalue weighted by Crippen LogP contribution is -2.50. The van der Waals surface area contributed by atoms with Crippen LogP contribution in [0.15, 0.2) is 206 Å². The van der Waals surface area contributed by atoms with Gasteiger partial charge < -0.3 is 43.0 Å². The first-order chi connectivity index (χ1) is 54.5. The van der Waals surface area contributed by atoms with E-state index in [9.17, 15) is 41.0 Å². The van der Waals surface area contributed by atoms with Gasteiger partial charge in [0.2, 0.25) is 0 Å². The third-order valence-corrected chi connectivity index (χ3v) is 34.4. The topological polar surface area (TPSA) is 128 Å². The fourth-order valence-electron chi connectivity index (χ4n) is 17.2. The fourth-order valence-corrected chi connectivity index (χ4v) is 28.7. The van der Waals surface area contributed by atoms with Crippen molar-refractivity contribution in [3.8, 4) is 28.7 Å². The van der Waals surface area contributed by atoms with Gasteiger partial charge in [-0.05, 0) is 192 Å². The van der Waals surface area contributed by atoms with Gasteiger partial charge in [-0.1, -0.05) is 91.0 Å². The molecule has 5 aliphatic heterocycles. The maximum absolute atomic E-state index is 12.7. The van der Waals surface area contributed by atoms with Gasteiger partial charge in [0, 0.05) is 108 Å². The van der Waals surface area contributed by atoms with E-state index in [2.05, 4.69) is 77.5 Å². The molecule has 4 saturated carbocycles. The van der Waals surface area contributed by atoms with Gasteiger partial charge in [-0.15, -0.1) is 0 Å². The van der Waals surface area contributed by atoms with E-state index >= 15 is 0 Å². The highest BCUT2D eigenvalue weighted by Gasteiger charge is 2.50. The summed E-state index contributed by atoms with van der Waals surface area (Å²) >= 11 is 0. The van der Waals surface area contributed by atoms with E-state index in [0.29, 0.717) is 45.1 Å². The number of hydrogen-bond donors (Lipinski definition) is 1. The number of rotatable bonds is 16. The Hall–Kier alpha value is -7.31. The normalized spacial score (nSPS) is 20.9. The van der Waals surface area contributed by atoms with Crippen LogP contribution < -0.4 is 18.9 Å². The quantitative estimate of drug-likeness (QED) is 0.0564. The number of carbonyl (C=O) groups excluding carboxylic acids is 2. The predicted molar refractivity (Wildman–Crippen MR) is 445 cm³/mol. The third-order valence-electron chi connectivity index (χ3n) is 22.1. The van der Waals surface area contributed by atoms with Crippen LogP contribution in [0, 0.1) is 23.7 Å². The molecule has 592 valence electrons. The minimum Gasteiger partial charge on any atom is -0.507 e. The van der Waals surface area contributed by atoms with Crippen LogP contribution in [0.2, 0.25) is 0 Å². The molecule has 9 aliphatic rings. The van der Waals surface area contributed by atoms with Crippen molar-refractivity contribution in [1.82, 2.24) is 0 Å². The predicted octanol–water partition coefficient (Wildman–Crippen LogP) is 19.8. The largest absolute Gasteiger partial charge is 0.507 e. The van der Waals surface area contributed by atoms with Crippen LogP contribution in [-0.2, 0) is 83.0 Å². The Balaban J connectivity index is 0.000000118. The van der Waals surface area contributed by atoms with Crippen molar-refractivity contribution in [1.29, 1.82) is 0 Å². The van der Waals surface area contributed by atoms with Gasteiger partial charge in [-0.25, -0.2) is 9.59 Å². The number of methoxy groups -OCH3 is 1. The van der Waals surface area contributed by atoms with Crippen LogP contribution in [0.4, 0.5) is 26.3 Å². The molecule has 19 rings (SSSR count). The van der Waals surface area contributed by atoms with Crippen LogP contribution in [0.25, 0.3) is 53.9 Å². The van der Waals surface area contributed by atoms with Gasteiger partial charge in [-0.2, -0.15) is 26.3 Å². The first kappa shape index (κ1) is 81.3. The van der Waals surface area contributed by atoms with Crippen molar-refractivity contribution in [2.45, 2.75) is 120 Å². The Morgan fingerprint density at radius 1 is 0.357 bits per heavy atom. The smallest absolute Gasteiger partial charge is 0.422 e. The van der Waals surface area contributed by atoms with Crippen molar-refractivity contribution in [3.05, 3.63) is 182 Å². The second kappa shape index (κ2) is 38.4. The number of aromatic hydroxyl groups is 1. The van der Waals surface area contributed by atoms with E-state index in [0.717, 1.165) is 110 Å². The molecule has 0 unspecified atom stereocenters. The third kappa shape index (κ3) is 20.7. The molecule has 0 amide bonds. The lowest BCUT2D eigenvalue weighted by molar-refractivity contribution is -0.172. The minimum atomic E-state index is -4.33. The standard InChI is InChI=1S/C26H31O3S.C17H18F3OS.C17H19O3S.C16H16F3O2S.C14H14O2S/c27-25(29-26-19-12-17-11-18(14-19)15-20(26)13-17)16-28-23-7-8-24(30-9-3-4-10-30)22-6-2-1-5-21(22)23;18-17(19,20)12-21-15-8-9-16(22-10-4-1-5-11-22)14-7-3-2-6-13(14)15;1-19-17(18)12-20-15-8-9-16(21-10-4-5-11-21)14-7-3-2-6-13(14)15;17-16(18,19)11-21-14-5-6-15(22-9-7-20-8-10-22)13-4-2-1-3-12(13)14;15-13-5-6-14(17-9-7-16-8-10-17)12-4-2-1-3-11(12)13/h1-2,5-8,17-20,26H,3-4,9-16H2;2-3,6-9H,1,4-5,10-12H2;2-3,6-9H,4-5,10-12H2,1H3;1-6H,7-11H2;1-6H,7-10H2/q4*+1;/p+1. The molecular formula is C90H99F6O11S5+5. The molecule has 9 fully saturated rings. The summed E-state index contributed by atoms with van der Waals surface area (Å²) in [6, 6.07) is 59.6. The lowest BCUT2D eigenvalue weighted by atomic mass is 9.55. The van der Waals surface area contributed by atoms with Crippen molar-refractivity contribution < 1.29 is 78.9 Å². The van der Waals surface area contributed by atoms with Crippen molar-refractivity contribution >= 4 is 120 Å². The van der Waals surface area contributed by atoms with E-state index in [4.69, 9.17) is 33.2 Å². The van der Waals surface area contributed by atoms with E-state index < -0.39 is 25.6 Å². The summed E-state index contributed by atoms with van der Waals surface area (Å²) in [5.41, 5.74) is 0. The monoisotopic (exact) mass is 1630 g/mol. The molecule has 4 bridgehead atoms. The number of benzene rings is 10. The molecule has 1 N–H and O–H groups in total. The Bertz CT molecular complexity index is 4680. The summed E-state index contributed by atoms with van der Waals surface area (Å²) in [5, 5.41) is 20.3. The fraction of sp³-hybridized carbons (Fsp3) is 0.422. The highest BCUT2D eigenvalue weighted by Crippen LogP contribution is 2.55. The Kier molecular flexibility index (Phi) is 27.9. The second-order valence-electron chi connectivity index (χ2n) is 29.6. The van der Waals surface area contributed by atoms with Crippen molar-refractivity contribution in [3.63, 3.8) is 0 Å². The first-order valence-electron chi connectivity index (χ1n) is 39.2. The molecular weight excluding hydrogens is 1530 g/mol. The molecule has 5 saturated heterocycles. The molecule has 5 heterocycles. The molecule has 22 heteroatoms. The molecule has 10 aromatic rings. The van der Waals surface area contributed by atoms with Gasteiger partial charge in [0.1, 0.15) is 92.4 Å². The van der Waals surface area contributed by atoms with Gasteiger partial charge in [0.05, 0.1) is 33.5 Å². The lowest BCUT2D eigenvalue weighted by Gasteiger charge is -2.53. The van der Waals surface area contributed by atoms with Crippen LogP contribution in [-0.4, -0.2) is 153 Å². The van der Waals surface area contributed by atoms with Crippen molar-refractivity contribution in [2.75, 3.05) is 117 Å². The number of halogens is 6. The maximum Gasteiger partial charge on any atom is 0.422 e. The first-order valence-corrected chi connectivity index (χ1v) is 47.0. The maximum atomic E-state index is 12.7. The van der Waals surface area contributed by atoms with E-state index in [-0.39, 0.29) is 69.7 Å². The Morgan fingerprint density at radius 3 is 0.982 bits per heavy atom. The van der Waals surface area contributed by atoms with Gasteiger partial charge in [0.15, 0.2) is 50.9 Å². The number of hydrogen-bond acceptors (Lipinski definition) is 11. The van der Waals surface area contributed by atoms with E-state index in [1.807, 2.05) is 97.1 Å². The zero-order chi connectivity index (χ0) is 77.6. The summed E-state index contributed by atoms with van der Waals surface area (Å²) in [7, 11) is 2.66. The zero-order valence-corrected chi connectivity index (χ0v) is 67.3. The highest BCUT2D eigenvalue weighted by atomic mass is 32.2. The summed E-state index contributed by atoms with van der Waals surface area (Å²) in [4.78, 5) is 30.7. The minimum absolute atomic E-state index is 0.0118. The molecule has 0 radical (unpaired) electrons. The molecule has 0 spiro atoms. The van der Waals surface area contributed by atoms with Crippen LogP contribution in [0.1, 0.15) is 77.0 Å². The second-order valence-corrected chi connectivity index (χ2v) is 40.8. The van der Waals surface area contributed by atoms with Crippen molar-refractivity contribution in [2.24, 2.45) is 23.7 Å². The number of phenolic OH excluding ortho intramolecular Hbond substituents is 1. The number of phenols is 1. The number of fused-ring (bicyclic) bond motifs is 5. The molecule has 0 aromatic heterocycles. The number of carbonyl (C=O) groups is 2. The summed E-state index contributed by atoms with van der Waals surface area (Å²) in [6.07, 6.45) is 7.07. The summed E-state index contributed by atoms with van der Waals surface area (Å²) in [6.45, 7) is 0.644. The molecule has 0 atom stereocenters. The molecule has 4 aliphatic carbocycles. The summed E-state index contributed by atoms with van der Waals surface area (Å²) < 4.78 is 117. The van der Waals surface area contributed by atoms with Gasteiger partial charge in [-0.3, -0.25) is 0 Å². The molecule has 11 nitrogen and oxygen atoms in total. The van der Waals surface area contributed by atoms with Crippen LogP contribution >= 0.6 is 0 Å². The van der Waals surface area contributed by atoms with E-state index in [1.54, 1.807) is 12.1 Å². The number of ether oxygens (including phenoxy) is 8. The van der Waals surface area contributed by atoms with E-state index in [1.165, 1.54) is 159 Å². The summed E-state index contributed by atoms with van der Waals surface area (Å²) in [5.74, 6) is 16.7. The molecule has 10 aromatic carbocycles. The Labute approximate surface area is 666 Å². The van der Waals surface area contributed by atoms with Crippen LogP contribution in [0.3, 0.4) is 0 Å². The SMILES string of the molecule is COC(=O)COc1ccc([S+]2CCCC2)c2ccccc12.FC(F)(F)COc1ccc([S+]2CCCCC2)c2ccccc12.FC(F)(F)COc1ccc([S+]2CCOCC2)c2ccccc12.O=C(COc1ccc([S+]2CCCC2)c2ccccc12)OC1C2CC3CC(C2)CC1C3.Oc1ccc([S+]2CCOCC2)c2ccccc12. The highest BCUT2D eigenvalue weighted by molar-refractivity contribution is 7.98. The zero-order valence-electron chi connectivity index (χ0n) is 63.3. The van der Waals surface area contributed by atoms with Gasteiger partial charge >= 0.3 is 24.3 Å². The average Bonchev–Trinajstić information content (AvgIpc) is 0.843. The molecule has 112 heavy (non-hydrogen) atoms. The average molecular weight is 1630 g/mol.